The highest BCUT2D eigenvalue weighted by Crippen LogP contribution is 2.36. The average Bonchev–Trinajstić information content (AvgIpc) is 2.32. The van der Waals surface area contributed by atoms with Crippen LogP contribution in [0, 0.1) is 0 Å². The minimum Gasteiger partial charge on any atom is -0.338 e. The number of hydrogen-bond acceptors (Lipinski definition) is 2. The molecule has 2 amide bonds. The molecule has 0 bridgehead atoms. The van der Waals surface area contributed by atoms with Crippen molar-refractivity contribution in [2.75, 3.05) is 13.1 Å². The van der Waals surface area contributed by atoms with Gasteiger partial charge in [-0.2, -0.15) is 0 Å². The molecule has 0 heterocycles. The van der Waals surface area contributed by atoms with Crippen molar-refractivity contribution in [2.24, 2.45) is 5.73 Å². The Kier molecular flexibility index (Phi) is 5.31. The van der Waals surface area contributed by atoms with E-state index in [9.17, 15) is 13.6 Å². The molecular formula is C12H23F2N3O. The van der Waals surface area contributed by atoms with Crippen LogP contribution in [0.15, 0.2) is 0 Å². The summed E-state index contributed by atoms with van der Waals surface area (Å²) >= 11 is 0. The SMILES string of the molecule is CCCCNC(=O)NCC1(N)CCC(F)(F)CC1. The van der Waals surface area contributed by atoms with Gasteiger partial charge in [0.2, 0.25) is 5.92 Å². The van der Waals surface area contributed by atoms with Crippen LogP contribution in [-0.2, 0) is 0 Å². The molecule has 0 aromatic heterocycles. The predicted molar refractivity (Wildman–Crippen MR) is 66.6 cm³/mol. The molecule has 0 spiro atoms. The number of rotatable bonds is 5. The van der Waals surface area contributed by atoms with E-state index in [-0.39, 0.29) is 38.3 Å². The van der Waals surface area contributed by atoms with Gasteiger partial charge in [0.15, 0.2) is 0 Å². The molecular weight excluding hydrogens is 240 g/mol. The molecule has 0 unspecified atom stereocenters. The van der Waals surface area contributed by atoms with Crippen LogP contribution in [-0.4, -0.2) is 30.6 Å². The van der Waals surface area contributed by atoms with Gasteiger partial charge < -0.3 is 16.4 Å². The van der Waals surface area contributed by atoms with Gasteiger partial charge in [0.25, 0.3) is 0 Å². The molecule has 0 saturated heterocycles. The maximum atomic E-state index is 13.0. The number of nitrogens with two attached hydrogens (primary N) is 1. The van der Waals surface area contributed by atoms with Gasteiger partial charge in [0.1, 0.15) is 0 Å². The van der Waals surface area contributed by atoms with Crippen molar-refractivity contribution in [3.8, 4) is 0 Å². The molecule has 1 rings (SSSR count). The molecule has 1 fully saturated rings. The number of unbranched alkanes of at least 4 members (excludes halogenated alkanes) is 1. The van der Waals surface area contributed by atoms with Crippen LogP contribution in [0.4, 0.5) is 13.6 Å². The largest absolute Gasteiger partial charge is 0.338 e. The topological polar surface area (TPSA) is 67.2 Å². The lowest BCUT2D eigenvalue weighted by atomic mass is 9.80. The highest BCUT2D eigenvalue weighted by atomic mass is 19.3. The monoisotopic (exact) mass is 263 g/mol. The maximum Gasteiger partial charge on any atom is 0.314 e. The Labute approximate surface area is 107 Å². The summed E-state index contributed by atoms with van der Waals surface area (Å²) in [6.07, 6.45) is 2.04. The van der Waals surface area contributed by atoms with E-state index in [1.54, 1.807) is 0 Å². The van der Waals surface area contributed by atoms with Crippen LogP contribution in [0.5, 0.6) is 0 Å². The van der Waals surface area contributed by atoms with Gasteiger partial charge >= 0.3 is 6.03 Å². The fourth-order valence-corrected chi connectivity index (χ4v) is 1.99. The Hall–Kier alpha value is -0.910. The molecule has 0 radical (unpaired) electrons. The molecule has 1 saturated carbocycles. The number of halogens is 2. The number of amides is 2. The third-order valence-corrected chi connectivity index (χ3v) is 3.39. The first-order chi connectivity index (χ1) is 8.37. The zero-order chi connectivity index (χ0) is 13.6. The van der Waals surface area contributed by atoms with E-state index < -0.39 is 11.5 Å². The second-order valence-electron chi connectivity index (χ2n) is 5.18. The first kappa shape index (κ1) is 15.1. The summed E-state index contributed by atoms with van der Waals surface area (Å²) in [6.45, 7) is 2.91. The van der Waals surface area contributed by atoms with Crippen LogP contribution < -0.4 is 16.4 Å². The molecule has 4 nitrogen and oxygen atoms in total. The number of carbonyl (C=O) groups is 1. The quantitative estimate of drug-likeness (QED) is 0.664. The Morgan fingerprint density at radius 1 is 1.22 bits per heavy atom. The lowest BCUT2D eigenvalue weighted by molar-refractivity contribution is -0.0499. The maximum absolute atomic E-state index is 13.0. The number of hydrogen-bond donors (Lipinski definition) is 3. The van der Waals surface area contributed by atoms with Crippen LogP contribution in [0.25, 0.3) is 0 Å². The number of alkyl halides is 2. The summed E-state index contributed by atoms with van der Waals surface area (Å²) in [7, 11) is 0. The zero-order valence-corrected chi connectivity index (χ0v) is 10.9. The standard InChI is InChI=1S/C12H23F2N3O/c1-2-3-8-16-10(18)17-9-11(15)4-6-12(13,14)7-5-11/h2-9,15H2,1H3,(H2,16,17,18). The minimum absolute atomic E-state index is 0.192. The third kappa shape index (κ3) is 5.16. The smallest absolute Gasteiger partial charge is 0.314 e. The molecule has 18 heavy (non-hydrogen) atoms. The number of nitrogens with one attached hydrogen (secondary N) is 2. The van der Waals surface area contributed by atoms with E-state index in [1.165, 1.54) is 0 Å². The molecule has 1 aliphatic carbocycles. The first-order valence-electron chi connectivity index (χ1n) is 6.55. The Balaban J connectivity index is 2.24. The van der Waals surface area contributed by atoms with Gasteiger partial charge in [-0.15, -0.1) is 0 Å². The van der Waals surface area contributed by atoms with E-state index in [4.69, 9.17) is 5.73 Å². The molecule has 0 aliphatic heterocycles. The predicted octanol–water partition coefficient (Wildman–Crippen LogP) is 1.99. The fourth-order valence-electron chi connectivity index (χ4n) is 1.99. The van der Waals surface area contributed by atoms with E-state index in [1.807, 2.05) is 6.92 Å². The summed E-state index contributed by atoms with van der Waals surface area (Å²) in [4.78, 5) is 11.4. The van der Waals surface area contributed by atoms with Crippen molar-refractivity contribution < 1.29 is 13.6 Å². The van der Waals surface area contributed by atoms with Gasteiger partial charge in [-0.25, -0.2) is 13.6 Å². The van der Waals surface area contributed by atoms with Gasteiger partial charge in [0.05, 0.1) is 0 Å². The van der Waals surface area contributed by atoms with Gasteiger partial charge in [-0.3, -0.25) is 0 Å². The van der Waals surface area contributed by atoms with Crippen LogP contribution in [0.1, 0.15) is 45.4 Å². The average molecular weight is 263 g/mol. The number of carbonyl (C=O) groups excluding carboxylic acids is 1. The summed E-state index contributed by atoms with van der Waals surface area (Å²) in [5.41, 5.74) is 5.32. The van der Waals surface area contributed by atoms with Crippen molar-refractivity contribution in [1.82, 2.24) is 10.6 Å². The fraction of sp³-hybridized carbons (Fsp3) is 0.917. The summed E-state index contributed by atoms with van der Waals surface area (Å²) in [5, 5.41) is 5.36. The molecule has 0 aromatic rings. The number of urea groups is 1. The second kappa shape index (κ2) is 6.31. The zero-order valence-electron chi connectivity index (χ0n) is 10.9. The van der Waals surface area contributed by atoms with Crippen molar-refractivity contribution in [3.05, 3.63) is 0 Å². The van der Waals surface area contributed by atoms with Crippen LogP contribution >= 0.6 is 0 Å². The Morgan fingerprint density at radius 2 is 1.83 bits per heavy atom. The van der Waals surface area contributed by atoms with Gasteiger partial charge in [-0.05, 0) is 19.3 Å². The second-order valence-corrected chi connectivity index (χ2v) is 5.18. The Morgan fingerprint density at radius 3 is 2.39 bits per heavy atom. The molecule has 6 heteroatoms. The molecule has 0 aromatic carbocycles. The van der Waals surface area contributed by atoms with Crippen molar-refractivity contribution >= 4 is 6.03 Å². The minimum atomic E-state index is -2.59. The lowest BCUT2D eigenvalue weighted by Crippen LogP contribution is -2.55. The van der Waals surface area contributed by atoms with E-state index in [0.717, 1.165) is 12.8 Å². The third-order valence-electron chi connectivity index (χ3n) is 3.39. The van der Waals surface area contributed by atoms with Crippen molar-refractivity contribution in [1.29, 1.82) is 0 Å². The van der Waals surface area contributed by atoms with E-state index >= 15 is 0 Å². The van der Waals surface area contributed by atoms with E-state index in [0.29, 0.717) is 6.54 Å². The van der Waals surface area contributed by atoms with Crippen molar-refractivity contribution in [3.63, 3.8) is 0 Å². The van der Waals surface area contributed by atoms with E-state index in [2.05, 4.69) is 10.6 Å². The molecule has 106 valence electrons. The van der Waals surface area contributed by atoms with Gasteiger partial charge in [-0.1, -0.05) is 13.3 Å². The normalized spacial score (nSPS) is 21.3. The summed E-state index contributed by atoms with van der Waals surface area (Å²) in [6, 6.07) is -0.273. The van der Waals surface area contributed by atoms with Gasteiger partial charge in [0, 0.05) is 31.5 Å². The molecule has 1 aliphatic rings. The first-order valence-corrected chi connectivity index (χ1v) is 6.55. The molecule has 4 N–H and O–H groups in total. The van der Waals surface area contributed by atoms with Crippen LogP contribution in [0.2, 0.25) is 0 Å². The molecule has 0 atom stereocenters. The Bertz CT molecular complexity index is 274. The lowest BCUT2D eigenvalue weighted by Gasteiger charge is -2.37. The highest BCUT2D eigenvalue weighted by molar-refractivity contribution is 5.73. The highest BCUT2D eigenvalue weighted by Gasteiger charge is 2.41. The summed E-state index contributed by atoms with van der Waals surface area (Å²) in [5.74, 6) is -2.59. The summed E-state index contributed by atoms with van der Waals surface area (Å²) < 4.78 is 26.0. The van der Waals surface area contributed by atoms with Crippen molar-refractivity contribution in [2.45, 2.75) is 56.9 Å². The van der Waals surface area contributed by atoms with Crippen LogP contribution in [0.3, 0.4) is 0 Å².